The van der Waals surface area contributed by atoms with Gasteiger partial charge in [-0.25, -0.2) is 4.98 Å². The minimum absolute atomic E-state index is 0.641. The molecule has 1 N–H and O–H groups in total. The Kier molecular flexibility index (Phi) is 3.90. The second-order valence-corrected chi connectivity index (χ2v) is 5.24. The predicted molar refractivity (Wildman–Crippen MR) is 84.5 cm³/mol. The third-order valence-corrected chi connectivity index (χ3v) is 3.62. The van der Waals surface area contributed by atoms with Crippen LogP contribution in [0.5, 0.6) is 5.75 Å². The summed E-state index contributed by atoms with van der Waals surface area (Å²) in [5.41, 5.74) is 1.93. The second-order valence-electron chi connectivity index (χ2n) is 5.24. The third-order valence-electron chi connectivity index (χ3n) is 3.62. The highest BCUT2D eigenvalue weighted by Crippen LogP contribution is 2.22. The van der Waals surface area contributed by atoms with Crippen molar-refractivity contribution in [1.82, 2.24) is 9.97 Å². The number of anilines is 3. The standard InChI is InChI=1S/C16H20N4O/c1-12-11-15(20-9-3-4-10-20)19-16(17-12)18-13-5-7-14(21-2)8-6-13/h5-8,11H,3-4,9-10H2,1-2H3,(H,17,18,19). The number of hydrogen-bond donors (Lipinski definition) is 1. The first-order chi connectivity index (χ1) is 10.2. The van der Waals surface area contributed by atoms with Crippen molar-refractivity contribution in [3.63, 3.8) is 0 Å². The second kappa shape index (κ2) is 5.99. The molecule has 0 spiro atoms. The lowest BCUT2D eigenvalue weighted by atomic mass is 10.3. The molecule has 0 radical (unpaired) electrons. The molecule has 0 unspecified atom stereocenters. The van der Waals surface area contributed by atoms with E-state index in [0.29, 0.717) is 5.95 Å². The topological polar surface area (TPSA) is 50.3 Å². The van der Waals surface area contributed by atoms with E-state index >= 15 is 0 Å². The van der Waals surface area contributed by atoms with E-state index in [1.54, 1.807) is 7.11 Å². The van der Waals surface area contributed by atoms with Gasteiger partial charge in [0.1, 0.15) is 11.6 Å². The number of ether oxygens (including phenoxy) is 1. The molecule has 110 valence electrons. The Bertz CT molecular complexity index is 606. The molecule has 2 aromatic rings. The summed E-state index contributed by atoms with van der Waals surface area (Å²) in [5, 5.41) is 3.26. The Morgan fingerprint density at radius 1 is 1.10 bits per heavy atom. The van der Waals surface area contributed by atoms with Crippen molar-refractivity contribution >= 4 is 17.5 Å². The highest BCUT2D eigenvalue weighted by Gasteiger charge is 2.15. The average Bonchev–Trinajstić information content (AvgIpc) is 3.02. The zero-order valence-electron chi connectivity index (χ0n) is 12.5. The minimum atomic E-state index is 0.641. The van der Waals surface area contributed by atoms with E-state index in [-0.39, 0.29) is 0 Å². The van der Waals surface area contributed by atoms with Gasteiger partial charge in [-0.15, -0.1) is 0 Å². The highest BCUT2D eigenvalue weighted by atomic mass is 16.5. The molecule has 0 atom stereocenters. The van der Waals surface area contributed by atoms with Crippen molar-refractivity contribution in [3.8, 4) is 5.75 Å². The zero-order chi connectivity index (χ0) is 14.7. The molecule has 1 aliphatic rings. The van der Waals surface area contributed by atoms with Gasteiger partial charge in [0.05, 0.1) is 7.11 Å². The molecule has 0 amide bonds. The predicted octanol–water partition coefficient (Wildman–Crippen LogP) is 3.14. The van der Waals surface area contributed by atoms with Crippen LogP contribution in [0.25, 0.3) is 0 Å². The number of rotatable bonds is 4. The molecule has 1 aliphatic heterocycles. The van der Waals surface area contributed by atoms with E-state index in [2.05, 4.69) is 20.2 Å². The number of aryl methyl sites for hydroxylation is 1. The lowest BCUT2D eigenvalue weighted by Crippen LogP contribution is -2.19. The van der Waals surface area contributed by atoms with Crippen molar-refractivity contribution in [2.75, 3.05) is 30.4 Å². The highest BCUT2D eigenvalue weighted by molar-refractivity contribution is 5.56. The zero-order valence-corrected chi connectivity index (χ0v) is 12.5. The normalized spacial score (nSPS) is 14.3. The van der Waals surface area contributed by atoms with E-state index in [9.17, 15) is 0 Å². The maximum absolute atomic E-state index is 5.16. The average molecular weight is 284 g/mol. The fourth-order valence-corrected chi connectivity index (χ4v) is 2.52. The van der Waals surface area contributed by atoms with Gasteiger partial charge >= 0.3 is 0 Å². The summed E-state index contributed by atoms with van der Waals surface area (Å²) in [5.74, 6) is 2.49. The summed E-state index contributed by atoms with van der Waals surface area (Å²) in [4.78, 5) is 11.4. The third kappa shape index (κ3) is 3.24. The first kappa shape index (κ1) is 13.7. The van der Waals surface area contributed by atoms with Gasteiger partial charge in [-0.05, 0) is 44.0 Å². The van der Waals surface area contributed by atoms with E-state index in [1.807, 2.05) is 37.3 Å². The number of aromatic nitrogens is 2. The molecular formula is C16H20N4O. The Hall–Kier alpha value is -2.30. The van der Waals surface area contributed by atoms with Crippen LogP contribution in [0, 0.1) is 6.92 Å². The van der Waals surface area contributed by atoms with Gasteiger partial charge in [0.2, 0.25) is 5.95 Å². The van der Waals surface area contributed by atoms with Gasteiger partial charge in [-0.2, -0.15) is 4.98 Å². The van der Waals surface area contributed by atoms with Gasteiger partial charge in [0.25, 0.3) is 0 Å². The number of benzene rings is 1. The van der Waals surface area contributed by atoms with Crippen molar-refractivity contribution < 1.29 is 4.74 Å². The maximum atomic E-state index is 5.16. The molecule has 1 aromatic carbocycles. The van der Waals surface area contributed by atoms with Gasteiger partial charge in [-0.1, -0.05) is 0 Å². The SMILES string of the molecule is COc1ccc(Nc2nc(C)cc(N3CCCC3)n2)cc1. The summed E-state index contributed by atoms with van der Waals surface area (Å²) in [6.07, 6.45) is 2.48. The molecule has 3 rings (SSSR count). The van der Waals surface area contributed by atoms with E-state index < -0.39 is 0 Å². The quantitative estimate of drug-likeness (QED) is 0.934. The molecule has 21 heavy (non-hydrogen) atoms. The summed E-state index contributed by atoms with van der Waals surface area (Å²) in [6.45, 7) is 4.16. The van der Waals surface area contributed by atoms with E-state index in [1.165, 1.54) is 12.8 Å². The van der Waals surface area contributed by atoms with Gasteiger partial charge in [0.15, 0.2) is 0 Å². The van der Waals surface area contributed by atoms with Crippen LogP contribution < -0.4 is 15.0 Å². The molecule has 0 saturated carbocycles. The van der Waals surface area contributed by atoms with Gasteiger partial charge < -0.3 is 15.0 Å². The first-order valence-corrected chi connectivity index (χ1v) is 7.26. The van der Waals surface area contributed by atoms with Crippen LogP contribution >= 0.6 is 0 Å². The molecule has 0 bridgehead atoms. The van der Waals surface area contributed by atoms with Crippen LogP contribution in [-0.4, -0.2) is 30.2 Å². The summed E-state index contributed by atoms with van der Waals surface area (Å²) >= 11 is 0. The van der Waals surface area contributed by atoms with Crippen molar-refractivity contribution in [2.24, 2.45) is 0 Å². The van der Waals surface area contributed by atoms with E-state index in [0.717, 1.165) is 36.0 Å². The van der Waals surface area contributed by atoms with Crippen molar-refractivity contribution in [3.05, 3.63) is 36.0 Å². The van der Waals surface area contributed by atoms with Crippen molar-refractivity contribution in [1.29, 1.82) is 0 Å². The van der Waals surface area contributed by atoms with Gasteiger partial charge in [0, 0.05) is 30.5 Å². The molecule has 5 heteroatoms. The lowest BCUT2D eigenvalue weighted by Gasteiger charge is -2.17. The number of nitrogens with one attached hydrogen (secondary N) is 1. The lowest BCUT2D eigenvalue weighted by molar-refractivity contribution is 0.415. The number of methoxy groups -OCH3 is 1. The Labute approximate surface area is 125 Å². The fourth-order valence-electron chi connectivity index (χ4n) is 2.52. The summed E-state index contributed by atoms with van der Waals surface area (Å²) in [6, 6.07) is 9.80. The Morgan fingerprint density at radius 3 is 2.48 bits per heavy atom. The van der Waals surface area contributed by atoms with Crippen LogP contribution in [0.2, 0.25) is 0 Å². The van der Waals surface area contributed by atoms with Crippen molar-refractivity contribution in [2.45, 2.75) is 19.8 Å². The fraction of sp³-hybridized carbons (Fsp3) is 0.375. The molecule has 1 aromatic heterocycles. The molecule has 0 aliphatic carbocycles. The molecule has 2 heterocycles. The molecule has 1 fully saturated rings. The van der Waals surface area contributed by atoms with Crippen LogP contribution in [-0.2, 0) is 0 Å². The Morgan fingerprint density at radius 2 is 1.81 bits per heavy atom. The van der Waals surface area contributed by atoms with Crippen LogP contribution in [0.1, 0.15) is 18.5 Å². The number of nitrogens with zero attached hydrogens (tertiary/aromatic N) is 3. The first-order valence-electron chi connectivity index (χ1n) is 7.26. The molecule has 5 nitrogen and oxygen atoms in total. The monoisotopic (exact) mass is 284 g/mol. The molecule has 1 saturated heterocycles. The summed E-state index contributed by atoms with van der Waals surface area (Å²) in [7, 11) is 1.66. The van der Waals surface area contributed by atoms with Crippen LogP contribution in [0.4, 0.5) is 17.5 Å². The number of hydrogen-bond acceptors (Lipinski definition) is 5. The maximum Gasteiger partial charge on any atom is 0.229 e. The van der Waals surface area contributed by atoms with Crippen LogP contribution in [0.3, 0.4) is 0 Å². The Balaban J connectivity index is 1.80. The van der Waals surface area contributed by atoms with Gasteiger partial charge in [-0.3, -0.25) is 0 Å². The summed E-state index contributed by atoms with van der Waals surface area (Å²) < 4.78 is 5.16. The van der Waals surface area contributed by atoms with Crippen LogP contribution in [0.15, 0.2) is 30.3 Å². The smallest absolute Gasteiger partial charge is 0.229 e. The minimum Gasteiger partial charge on any atom is -0.497 e. The largest absolute Gasteiger partial charge is 0.497 e. The molecular weight excluding hydrogens is 264 g/mol. The van der Waals surface area contributed by atoms with E-state index in [4.69, 9.17) is 4.74 Å².